The predicted molar refractivity (Wildman–Crippen MR) is 82.4 cm³/mol. The number of anilines is 1. The number of sulfonamides is 1. The molecule has 2 heterocycles. The summed E-state index contributed by atoms with van der Waals surface area (Å²) in [7, 11) is -1.28. The summed E-state index contributed by atoms with van der Waals surface area (Å²) >= 11 is 0. The Hall–Kier alpha value is -1.61. The van der Waals surface area contributed by atoms with Gasteiger partial charge in [0.25, 0.3) is 0 Å². The van der Waals surface area contributed by atoms with Gasteiger partial charge < -0.3 is 5.73 Å². The first-order valence-electron chi connectivity index (χ1n) is 6.95. The van der Waals surface area contributed by atoms with E-state index in [1.165, 1.54) is 0 Å². The van der Waals surface area contributed by atoms with Gasteiger partial charge in [-0.05, 0) is 12.8 Å². The summed E-state index contributed by atoms with van der Waals surface area (Å²) in [6.07, 6.45) is 3.65. The Morgan fingerprint density at radius 3 is 2.71 bits per heavy atom. The second-order valence-corrected chi connectivity index (χ2v) is 6.97. The van der Waals surface area contributed by atoms with Crippen molar-refractivity contribution in [1.82, 2.24) is 24.1 Å². The van der Waals surface area contributed by atoms with E-state index in [-0.39, 0.29) is 0 Å². The summed E-state index contributed by atoms with van der Waals surface area (Å²) in [6.45, 7) is 3.06. The van der Waals surface area contributed by atoms with Crippen LogP contribution in [-0.2, 0) is 30.0 Å². The van der Waals surface area contributed by atoms with Gasteiger partial charge in [-0.3, -0.25) is 9.25 Å². The van der Waals surface area contributed by atoms with Crippen LogP contribution in [-0.4, -0.2) is 40.5 Å². The second kappa shape index (κ2) is 6.02. The first kappa shape index (κ1) is 15.8. The molecule has 118 valence electrons. The van der Waals surface area contributed by atoms with E-state index in [4.69, 9.17) is 5.73 Å². The lowest BCUT2D eigenvalue weighted by Crippen LogP contribution is -2.24. The molecule has 3 N–H and O–H groups in total. The summed E-state index contributed by atoms with van der Waals surface area (Å²) in [5, 5.41) is 4.48. The number of nitrogens with one attached hydrogen (secondary N) is 1. The third-order valence-corrected chi connectivity index (χ3v) is 3.96. The van der Waals surface area contributed by atoms with Gasteiger partial charge in [-0.2, -0.15) is 5.10 Å². The zero-order valence-corrected chi connectivity index (χ0v) is 13.4. The number of nitrogens with zero attached hydrogens (tertiary/aromatic N) is 4. The molecule has 0 radical (unpaired) electrons. The highest BCUT2D eigenvalue weighted by Crippen LogP contribution is 2.22. The highest BCUT2D eigenvalue weighted by Gasteiger charge is 2.17. The second-order valence-electron chi connectivity index (χ2n) is 5.13. The highest BCUT2D eigenvalue weighted by molar-refractivity contribution is 7.88. The lowest BCUT2D eigenvalue weighted by atomic mass is 10.2. The summed E-state index contributed by atoms with van der Waals surface area (Å²) in [6, 6.07) is 0. The van der Waals surface area contributed by atoms with Crippen LogP contribution in [0, 0.1) is 0 Å². The van der Waals surface area contributed by atoms with Crippen LogP contribution in [0.5, 0.6) is 0 Å². The van der Waals surface area contributed by atoms with E-state index in [9.17, 15) is 8.42 Å². The van der Waals surface area contributed by atoms with E-state index in [2.05, 4.69) is 21.7 Å². The number of rotatable bonds is 7. The van der Waals surface area contributed by atoms with Crippen molar-refractivity contribution < 1.29 is 8.42 Å². The number of hydrogen-bond acceptors (Lipinski definition) is 5. The molecule has 0 amide bonds. The number of hydrogen-bond donors (Lipinski definition) is 2. The number of fused-ring (bicyclic) bond motifs is 1. The molecule has 0 aromatic carbocycles. The molecule has 0 bridgehead atoms. The van der Waals surface area contributed by atoms with Crippen molar-refractivity contribution in [3.63, 3.8) is 0 Å². The van der Waals surface area contributed by atoms with Crippen LogP contribution >= 0.6 is 0 Å². The fourth-order valence-corrected chi connectivity index (χ4v) is 2.89. The molecule has 0 aliphatic heterocycles. The van der Waals surface area contributed by atoms with E-state index in [0.717, 1.165) is 36.0 Å². The molecule has 0 aliphatic carbocycles. The average molecular weight is 314 g/mol. The Morgan fingerprint density at radius 2 is 2.10 bits per heavy atom. The Bertz CT molecular complexity index is 731. The van der Waals surface area contributed by atoms with Crippen molar-refractivity contribution in [2.45, 2.75) is 32.7 Å². The van der Waals surface area contributed by atoms with Crippen LogP contribution in [0.25, 0.3) is 11.2 Å². The molecule has 2 rings (SSSR count). The molecule has 21 heavy (non-hydrogen) atoms. The lowest BCUT2D eigenvalue weighted by Gasteiger charge is -2.07. The minimum absolute atomic E-state index is 0.373. The maximum atomic E-state index is 11.0. The van der Waals surface area contributed by atoms with E-state index < -0.39 is 10.0 Å². The standard InChI is InChI=1S/C12H22N6O2S/c1-4-6-9-10-11(17(2)16-9)18(12(13)15-10)8-5-7-14-21(3,19)20/h14H,4-8H2,1-3H3,(H2,13,15). The minimum atomic E-state index is -3.15. The monoisotopic (exact) mass is 314 g/mol. The van der Waals surface area contributed by atoms with Crippen molar-refractivity contribution >= 4 is 27.1 Å². The van der Waals surface area contributed by atoms with Gasteiger partial charge in [-0.1, -0.05) is 13.3 Å². The summed E-state index contributed by atoms with van der Waals surface area (Å²) in [4.78, 5) is 4.40. The largest absolute Gasteiger partial charge is 0.369 e. The van der Waals surface area contributed by atoms with Gasteiger partial charge in [0, 0.05) is 20.1 Å². The molecule has 2 aromatic heterocycles. The summed E-state index contributed by atoms with van der Waals surface area (Å²) < 4.78 is 28.2. The van der Waals surface area contributed by atoms with Crippen LogP contribution in [0.2, 0.25) is 0 Å². The third-order valence-electron chi connectivity index (χ3n) is 3.23. The van der Waals surface area contributed by atoms with Crippen LogP contribution in [0.1, 0.15) is 25.5 Å². The molecule has 0 atom stereocenters. The van der Waals surface area contributed by atoms with Gasteiger partial charge in [-0.25, -0.2) is 18.1 Å². The Labute approximate surface area is 124 Å². The lowest BCUT2D eigenvalue weighted by molar-refractivity contribution is 0.576. The summed E-state index contributed by atoms with van der Waals surface area (Å²) in [5.74, 6) is 0.440. The normalized spacial score (nSPS) is 12.3. The topological polar surface area (TPSA) is 108 Å². The average Bonchev–Trinajstić information content (AvgIpc) is 2.84. The van der Waals surface area contributed by atoms with Gasteiger partial charge in [0.15, 0.2) is 5.65 Å². The van der Waals surface area contributed by atoms with Crippen molar-refractivity contribution in [3.05, 3.63) is 5.69 Å². The molecule has 2 aromatic rings. The van der Waals surface area contributed by atoms with Crippen LogP contribution in [0.4, 0.5) is 5.95 Å². The van der Waals surface area contributed by atoms with E-state index >= 15 is 0 Å². The molecule has 0 fully saturated rings. The van der Waals surface area contributed by atoms with Crippen LogP contribution < -0.4 is 10.5 Å². The van der Waals surface area contributed by atoms with Crippen molar-refractivity contribution in [1.29, 1.82) is 0 Å². The number of nitrogen functional groups attached to an aromatic ring is 1. The van der Waals surface area contributed by atoms with E-state index in [1.807, 2.05) is 11.6 Å². The van der Waals surface area contributed by atoms with Crippen LogP contribution in [0.15, 0.2) is 0 Å². The SMILES string of the molecule is CCCc1nn(C)c2c1nc(N)n2CCCNS(C)(=O)=O. The maximum Gasteiger partial charge on any atom is 0.208 e. The van der Waals surface area contributed by atoms with E-state index in [0.29, 0.717) is 25.5 Å². The highest BCUT2D eigenvalue weighted by atomic mass is 32.2. The molecule has 0 unspecified atom stereocenters. The Morgan fingerprint density at radius 1 is 1.38 bits per heavy atom. The number of aromatic nitrogens is 4. The Balaban J connectivity index is 2.18. The first-order valence-corrected chi connectivity index (χ1v) is 8.85. The molecular formula is C12H22N6O2S. The third kappa shape index (κ3) is 3.53. The molecule has 0 saturated carbocycles. The molecule has 8 nitrogen and oxygen atoms in total. The molecular weight excluding hydrogens is 292 g/mol. The van der Waals surface area contributed by atoms with Crippen LogP contribution in [0.3, 0.4) is 0 Å². The van der Waals surface area contributed by atoms with Crippen molar-refractivity contribution in [2.24, 2.45) is 7.05 Å². The molecule has 9 heteroatoms. The van der Waals surface area contributed by atoms with Gasteiger partial charge in [-0.15, -0.1) is 0 Å². The zero-order chi connectivity index (χ0) is 15.6. The number of imidazole rings is 1. The summed E-state index contributed by atoms with van der Waals surface area (Å²) in [5.41, 5.74) is 8.65. The fourth-order valence-electron chi connectivity index (χ4n) is 2.38. The van der Waals surface area contributed by atoms with Crippen molar-refractivity contribution in [3.8, 4) is 0 Å². The van der Waals surface area contributed by atoms with Crippen molar-refractivity contribution in [2.75, 3.05) is 18.5 Å². The quantitative estimate of drug-likeness (QED) is 0.712. The minimum Gasteiger partial charge on any atom is -0.369 e. The Kier molecular flexibility index (Phi) is 4.52. The smallest absolute Gasteiger partial charge is 0.208 e. The molecule has 0 spiro atoms. The van der Waals surface area contributed by atoms with Gasteiger partial charge in [0.2, 0.25) is 16.0 Å². The number of aryl methyl sites for hydroxylation is 3. The van der Waals surface area contributed by atoms with Gasteiger partial charge in [0.1, 0.15) is 5.52 Å². The van der Waals surface area contributed by atoms with Gasteiger partial charge >= 0.3 is 0 Å². The van der Waals surface area contributed by atoms with Gasteiger partial charge in [0.05, 0.1) is 11.9 Å². The maximum absolute atomic E-state index is 11.0. The first-order chi connectivity index (χ1) is 9.83. The zero-order valence-electron chi connectivity index (χ0n) is 12.6. The fraction of sp³-hybridized carbons (Fsp3) is 0.667. The number of nitrogens with two attached hydrogens (primary N) is 1. The molecule has 0 aliphatic rings. The molecule has 0 saturated heterocycles. The predicted octanol–water partition coefficient (Wildman–Crippen LogP) is 0.244. The van der Waals surface area contributed by atoms with E-state index in [1.54, 1.807) is 4.68 Å².